The van der Waals surface area contributed by atoms with E-state index >= 15 is 0 Å². The van der Waals surface area contributed by atoms with Crippen molar-refractivity contribution in [2.75, 3.05) is 0 Å². The van der Waals surface area contributed by atoms with Gasteiger partial charge in [-0.25, -0.2) is 8.78 Å². The maximum atomic E-state index is 12.4. The molecule has 0 aromatic heterocycles. The number of halogens is 2. The molecule has 0 aliphatic heterocycles. The number of rotatable bonds is 2. The van der Waals surface area contributed by atoms with Gasteiger partial charge in [-0.1, -0.05) is 4.40 Å². The van der Waals surface area contributed by atoms with Crippen molar-refractivity contribution in [2.45, 2.75) is 44.3 Å². The van der Waals surface area contributed by atoms with Crippen molar-refractivity contribution >= 4 is 17.6 Å². The number of hydrogen-bond acceptors (Lipinski definition) is 2. The average molecular weight is 223 g/mol. The summed E-state index contributed by atoms with van der Waals surface area (Å²) in [4.78, 5) is 0. The van der Waals surface area contributed by atoms with E-state index in [2.05, 4.69) is 4.40 Å². The van der Waals surface area contributed by atoms with Crippen molar-refractivity contribution in [1.29, 1.82) is 0 Å². The van der Waals surface area contributed by atoms with Gasteiger partial charge in [-0.15, -0.1) is 0 Å². The molecule has 82 valence electrons. The fourth-order valence-corrected chi connectivity index (χ4v) is 1.71. The van der Waals surface area contributed by atoms with Crippen LogP contribution in [0.4, 0.5) is 8.78 Å². The molecular formula is C9H15F2NOS. The van der Waals surface area contributed by atoms with Crippen molar-refractivity contribution in [3.05, 3.63) is 0 Å². The number of hydrogen-bond donors (Lipinski definition) is 0. The third-order valence-corrected chi connectivity index (χ3v) is 3.37. The Morgan fingerprint density at radius 3 is 2.29 bits per heavy atom. The molecule has 0 aromatic rings. The highest BCUT2D eigenvalue weighted by Crippen LogP contribution is 2.41. The zero-order valence-electron chi connectivity index (χ0n) is 8.59. The first kappa shape index (κ1) is 11.9. The summed E-state index contributed by atoms with van der Waals surface area (Å²) in [5, 5.41) is 0. The van der Waals surface area contributed by atoms with Gasteiger partial charge in [0.15, 0.2) is 0 Å². The highest BCUT2D eigenvalue weighted by atomic mass is 32.2. The molecule has 1 aliphatic rings. The molecule has 1 unspecified atom stereocenters. The summed E-state index contributed by atoms with van der Waals surface area (Å²) in [6.07, 6.45) is 1.11. The van der Waals surface area contributed by atoms with Crippen molar-refractivity contribution in [3.63, 3.8) is 0 Å². The molecule has 0 N–H and O–H groups in total. The van der Waals surface area contributed by atoms with Gasteiger partial charge in [0.25, 0.3) is 0 Å². The molecule has 0 heterocycles. The summed E-state index contributed by atoms with van der Waals surface area (Å²) in [5.74, 6) is -2.73. The molecule has 5 heteroatoms. The Balaban J connectivity index is 2.36. The lowest BCUT2D eigenvalue weighted by atomic mass is 9.82. The minimum absolute atomic E-state index is 0.155. The molecule has 2 nitrogen and oxygen atoms in total. The summed E-state index contributed by atoms with van der Waals surface area (Å²) in [7, 11) is 0. The van der Waals surface area contributed by atoms with Gasteiger partial charge in [0.2, 0.25) is 5.92 Å². The van der Waals surface area contributed by atoms with E-state index in [9.17, 15) is 13.3 Å². The maximum absolute atomic E-state index is 12.4. The SMILES string of the molecule is CC(C)(C)[S+]([O-])N=CC1CC(F)(F)C1. The summed E-state index contributed by atoms with van der Waals surface area (Å²) in [5.41, 5.74) is 0. The van der Waals surface area contributed by atoms with Gasteiger partial charge in [-0.2, -0.15) is 0 Å². The lowest BCUT2D eigenvalue weighted by molar-refractivity contribution is -0.0896. The van der Waals surface area contributed by atoms with Crippen LogP contribution in [-0.4, -0.2) is 21.4 Å². The molecule has 1 rings (SSSR count). The van der Waals surface area contributed by atoms with Crippen LogP contribution in [0.1, 0.15) is 33.6 Å². The van der Waals surface area contributed by atoms with Gasteiger partial charge >= 0.3 is 0 Å². The molecule has 1 saturated carbocycles. The van der Waals surface area contributed by atoms with Crippen LogP contribution < -0.4 is 0 Å². The molecular weight excluding hydrogens is 208 g/mol. The topological polar surface area (TPSA) is 35.4 Å². The minimum Gasteiger partial charge on any atom is -0.591 e. The lowest BCUT2D eigenvalue weighted by Crippen LogP contribution is -2.36. The smallest absolute Gasteiger partial charge is 0.249 e. The summed E-state index contributed by atoms with van der Waals surface area (Å²) >= 11 is -1.33. The van der Waals surface area contributed by atoms with E-state index in [1.54, 1.807) is 20.8 Å². The Bertz CT molecular complexity index is 229. The van der Waals surface area contributed by atoms with E-state index in [0.29, 0.717) is 0 Å². The van der Waals surface area contributed by atoms with Crippen molar-refractivity contribution in [2.24, 2.45) is 10.3 Å². The Hall–Kier alpha value is -0.160. The molecule has 1 fully saturated rings. The van der Waals surface area contributed by atoms with E-state index in [0.717, 1.165) is 0 Å². The molecule has 0 amide bonds. The molecule has 0 radical (unpaired) electrons. The Morgan fingerprint density at radius 2 is 1.93 bits per heavy atom. The van der Waals surface area contributed by atoms with Gasteiger partial charge in [-0.05, 0) is 20.8 Å². The predicted octanol–water partition coefficient (Wildman–Crippen LogP) is 2.56. The van der Waals surface area contributed by atoms with Crippen LogP contribution in [-0.2, 0) is 11.4 Å². The standard InChI is InChI=1S/C9H15F2NOS/c1-8(2,3)14(13)12-6-7-4-9(10,11)5-7/h6-7H,4-5H2,1-3H3. The molecule has 1 aliphatic carbocycles. The average Bonchev–Trinajstić information content (AvgIpc) is 1.93. The van der Waals surface area contributed by atoms with Crippen molar-refractivity contribution < 1.29 is 13.3 Å². The van der Waals surface area contributed by atoms with E-state index in [1.165, 1.54) is 6.21 Å². The van der Waals surface area contributed by atoms with Crippen molar-refractivity contribution in [1.82, 2.24) is 0 Å². The first-order valence-electron chi connectivity index (χ1n) is 4.55. The number of alkyl halides is 2. The second-order valence-corrected chi connectivity index (χ2v) is 6.57. The lowest BCUT2D eigenvalue weighted by Gasteiger charge is -2.32. The zero-order chi connectivity index (χ0) is 11.0. The van der Waals surface area contributed by atoms with Crippen LogP contribution in [0, 0.1) is 5.92 Å². The van der Waals surface area contributed by atoms with E-state index < -0.39 is 22.0 Å². The first-order valence-corrected chi connectivity index (χ1v) is 5.65. The third kappa shape index (κ3) is 3.20. The molecule has 1 atom stereocenters. The monoisotopic (exact) mass is 223 g/mol. The summed E-state index contributed by atoms with van der Waals surface area (Å²) in [6, 6.07) is 0. The summed E-state index contributed by atoms with van der Waals surface area (Å²) < 4.78 is 39.6. The quantitative estimate of drug-likeness (QED) is 0.523. The fourth-order valence-electron chi connectivity index (χ4n) is 1.11. The van der Waals surface area contributed by atoms with Crippen LogP contribution >= 0.6 is 0 Å². The van der Waals surface area contributed by atoms with Crippen LogP contribution in [0.15, 0.2) is 4.40 Å². The molecule has 0 bridgehead atoms. The Labute approximate surface area is 86.1 Å². The zero-order valence-corrected chi connectivity index (χ0v) is 9.41. The normalized spacial score (nSPS) is 25.0. The van der Waals surface area contributed by atoms with Gasteiger partial charge in [0.1, 0.15) is 16.1 Å². The van der Waals surface area contributed by atoms with E-state index in [-0.39, 0.29) is 18.8 Å². The van der Waals surface area contributed by atoms with E-state index in [1.807, 2.05) is 0 Å². The molecule has 0 saturated heterocycles. The van der Waals surface area contributed by atoms with Gasteiger partial charge in [0.05, 0.1) is 6.21 Å². The second kappa shape index (κ2) is 3.77. The van der Waals surface area contributed by atoms with Crippen molar-refractivity contribution in [3.8, 4) is 0 Å². The summed E-state index contributed by atoms with van der Waals surface area (Å²) in [6.45, 7) is 5.40. The largest absolute Gasteiger partial charge is 0.591 e. The highest BCUT2D eigenvalue weighted by molar-refractivity contribution is 7.91. The van der Waals surface area contributed by atoms with Gasteiger partial charge in [-0.3, -0.25) is 0 Å². The number of nitrogens with zero attached hydrogens (tertiary/aromatic N) is 1. The Kier molecular flexibility index (Phi) is 3.21. The van der Waals surface area contributed by atoms with Gasteiger partial charge in [0, 0.05) is 18.8 Å². The molecule has 0 spiro atoms. The highest BCUT2D eigenvalue weighted by Gasteiger charge is 2.44. The van der Waals surface area contributed by atoms with Gasteiger partial charge < -0.3 is 4.55 Å². The fraction of sp³-hybridized carbons (Fsp3) is 0.889. The predicted molar refractivity (Wildman–Crippen MR) is 54.1 cm³/mol. The molecule has 0 aromatic carbocycles. The van der Waals surface area contributed by atoms with Crippen LogP contribution in [0.3, 0.4) is 0 Å². The third-order valence-electron chi connectivity index (χ3n) is 2.01. The Morgan fingerprint density at radius 1 is 1.43 bits per heavy atom. The van der Waals surface area contributed by atoms with Crippen LogP contribution in [0.25, 0.3) is 0 Å². The minimum atomic E-state index is -2.53. The van der Waals surface area contributed by atoms with E-state index in [4.69, 9.17) is 0 Å². The molecule has 14 heavy (non-hydrogen) atoms. The first-order chi connectivity index (χ1) is 6.21. The van der Waals surface area contributed by atoms with Crippen LogP contribution in [0.5, 0.6) is 0 Å². The second-order valence-electron chi connectivity index (χ2n) is 4.64. The maximum Gasteiger partial charge on any atom is 0.249 e. The van der Waals surface area contributed by atoms with Crippen LogP contribution in [0.2, 0.25) is 0 Å².